The molecule has 2 aromatic rings. The summed E-state index contributed by atoms with van der Waals surface area (Å²) in [7, 11) is 0. The molecule has 108 valence electrons. The van der Waals surface area contributed by atoms with Gasteiger partial charge in [-0.2, -0.15) is 0 Å². The van der Waals surface area contributed by atoms with E-state index in [-0.39, 0.29) is 12.5 Å². The Balaban J connectivity index is 2.26. The summed E-state index contributed by atoms with van der Waals surface area (Å²) in [6.45, 7) is 2.03. The van der Waals surface area contributed by atoms with Crippen molar-refractivity contribution in [3.63, 3.8) is 0 Å². The molecule has 2 rings (SSSR count). The van der Waals surface area contributed by atoms with Crippen LogP contribution in [0.1, 0.15) is 27.6 Å². The highest BCUT2D eigenvalue weighted by Crippen LogP contribution is 2.19. The van der Waals surface area contributed by atoms with Crippen LogP contribution in [0.4, 0.5) is 5.69 Å². The Bertz CT molecular complexity index is 670. The Hall–Kier alpha value is -1.89. The van der Waals surface area contributed by atoms with Crippen molar-refractivity contribution in [2.45, 2.75) is 6.92 Å². The number of carbonyl (C=O) groups excluding carboxylic acids is 2. The second-order valence-electron chi connectivity index (χ2n) is 4.20. The van der Waals surface area contributed by atoms with Gasteiger partial charge in [0.1, 0.15) is 0 Å². The number of carbonyl (C=O) groups is 2. The van der Waals surface area contributed by atoms with Crippen LogP contribution in [0, 0.1) is 3.57 Å². The van der Waals surface area contributed by atoms with E-state index in [4.69, 9.17) is 4.74 Å². The molecule has 0 atom stereocenters. The molecule has 2 aromatic carbocycles. The summed E-state index contributed by atoms with van der Waals surface area (Å²) in [5.41, 5.74) is 1.36. The maximum atomic E-state index is 12.3. The molecular formula is C16H14INO3. The number of hydrogen-bond acceptors (Lipinski definition) is 3. The van der Waals surface area contributed by atoms with Crippen LogP contribution in [0.5, 0.6) is 0 Å². The number of anilines is 1. The molecule has 0 saturated carbocycles. The van der Waals surface area contributed by atoms with Crippen LogP contribution < -0.4 is 5.32 Å². The van der Waals surface area contributed by atoms with Crippen molar-refractivity contribution in [3.05, 3.63) is 63.2 Å². The minimum absolute atomic E-state index is 0.253. The first-order chi connectivity index (χ1) is 10.1. The van der Waals surface area contributed by atoms with E-state index in [2.05, 4.69) is 27.9 Å². The van der Waals surface area contributed by atoms with Crippen LogP contribution in [0.3, 0.4) is 0 Å². The zero-order valence-electron chi connectivity index (χ0n) is 11.4. The number of rotatable bonds is 4. The predicted octanol–water partition coefficient (Wildman–Crippen LogP) is 3.72. The number of amides is 1. The van der Waals surface area contributed by atoms with Crippen molar-refractivity contribution in [1.82, 2.24) is 0 Å². The molecule has 0 unspecified atom stereocenters. The summed E-state index contributed by atoms with van der Waals surface area (Å²) in [4.78, 5) is 24.2. The topological polar surface area (TPSA) is 55.4 Å². The molecule has 4 nitrogen and oxygen atoms in total. The van der Waals surface area contributed by atoms with Crippen molar-refractivity contribution >= 4 is 40.2 Å². The van der Waals surface area contributed by atoms with Gasteiger partial charge in [0, 0.05) is 3.57 Å². The second-order valence-corrected chi connectivity index (χ2v) is 5.36. The fourth-order valence-corrected chi connectivity index (χ4v) is 2.45. The van der Waals surface area contributed by atoms with Crippen molar-refractivity contribution in [2.24, 2.45) is 0 Å². The molecule has 0 bridgehead atoms. The molecule has 1 amide bonds. The highest BCUT2D eigenvalue weighted by atomic mass is 127. The summed E-state index contributed by atoms with van der Waals surface area (Å²) in [5, 5.41) is 2.76. The van der Waals surface area contributed by atoms with Crippen molar-refractivity contribution in [3.8, 4) is 0 Å². The van der Waals surface area contributed by atoms with Gasteiger partial charge in [-0.25, -0.2) is 4.79 Å². The molecular weight excluding hydrogens is 381 g/mol. The molecule has 0 fully saturated rings. The van der Waals surface area contributed by atoms with E-state index in [0.29, 0.717) is 16.8 Å². The second kappa shape index (κ2) is 7.21. The molecule has 0 aliphatic carbocycles. The molecule has 1 N–H and O–H groups in total. The fraction of sp³-hybridized carbons (Fsp3) is 0.125. The Morgan fingerprint density at radius 3 is 2.33 bits per heavy atom. The number of esters is 1. The number of hydrogen-bond donors (Lipinski definition) is 1. The number of nitrogens with one attached hydrogen (secondary N) is 1. The average molecular weight is 395 g/mol. The lowest BCUT2D eigenvalue weighted by Crippen LogP contribution is -2.16. The summed E-state index contributed by atoms with van der Waals surface area (Å²) >= 11 is 2.10. The van der Waals surface area contributed by atoms with E-state index < -0.39 is 5.97 Å². The molecule has 0 aromatic heterocycles. The third-order valence-corrected chi connectivity index (χ3v) is 3.73. The van der Waals surface area contributed by atoms with Crippen LogP contribution in [-0.4, -0.2) is 18.5 Å². The third kappa shape index (κ3) is 3.81. The summed E-state index contributed by atoms with van der Waals surface area (Å²) in [5.74, 6) is -0.701. The lowest BCUT2D eigenvalue weighted by Gasteiger charge is -2.11. The van der Waals surface area contributed by atoms with Crippen molar-refractivity contribution in [1.29, 1.82) is 0 Å². The SMILES string of the molecule is CCOC(=O)c1ccccc1NC(=O)c1ccccc1I. The monoisotopic (exact) mass is 395 g/mol. The van der Waals surface area contributed by atoms with Gasteiger partial charge in [0.2, 0.25) is 0 Å². The summed E-state index contributed by atoms with van der Waals surface area (Å²) < 4.78 is 5.84. The largest absolute Gasteiger partial charge is 0.462 e. The quantitative estimate of drug-likeness (QED) is 0.634. The van der Waals surface area contributed by atoms with Gasteiger partial charge in [0.25, 0.3) is 5.91 Å². The molecule has 5 heteroatoms. The summed E-state index contributed by atoms with van der Waals surface area (Å²) in [6.07, 6.45) is 0. The predicted molar refractivity (Wildman–Crippen MR) is 89.5 cm³/mol. The maximum absolute atomic E-state index is 12.3. The first kappa shape index (κ1) is 15.5. The molecule has 0 radical (unpaired) electrons. The van der Waals surface area contributed by atoms with Crippen molar-refractivity contribution in [2.75, 3.05) is 11.9 Å². The molecule has 21 heavy (non-hydrogen) atoms. The molecule has 0 aliphatic rings. The van der Waals surface area contributed by atoms with Gasteiger partial charge in [0.15, 0.2) is 0 Å². The highest BCUT2D eigenvalue weighted by Gasteiger charge is 2.15. The van der Waals surface area contributed by atoms with Crippen LogP contribution >= 0.6 is 22.6 Å². The fourth-order valence-electron chi connectivity index (χ4n) is 1.81. The van der Waals surface area contributed by atoms with Gasteiger partial charge in [-0.3, -0.25) is 4.79 Å². The van der Waals surface area contributed by atoms with Crippen LogP contribution in [0.15, 0.2) is 48.5 Å². The number of benzene rings is 2. The lowest BCUT2D eigenvalue weighted by atomic mass is 10.1. The van der Waals surface area contributed by atoms with E-state index in [1.165, 1.54) is 0 Å². The van der Waals surface area contributed by atoms with E-state index in [0.717, 1.165) is 3.57 Å². The molecule has 0 aliphatic heterocycles. The third-order valence-electron chi connectivity index (χ3n) is 2.79. The minimum atomic E-state index is -0.448. The van der Waals surface area contributed by atoms with E-state index in [1.807, 2.05) is 12.1 Å². The Kier molecular flexibility index (Phi) is 5.32. The van der Waals surface area contributed by atoms with Gasteiger partial charge < -0.3 is 10.1 Å². The Morgan fingerprint density at radius 2 is 1.67 bits per heavy atom. The van der Waals surface area contributed by atoms with Crippen molar-refractivity contribution < 1.29 is 14.3 Å². The zero-order valence-corrected chi connectivity index (χ0v) is 13.6. The van der Waals surface area contributed by atoms with Crippen LogP contribution in [0.25, 0.3) is 0 Å². The maximum Gasteiger partial charge on any atom is 0.340 e. The Morgan fingerprint density at radius 1 is 1.05 bits per heavy atom. The van der Waals surface area contributed by atoms with Gasteiger partial charge in [-0.15, -0.1) is 0 Å². The first-order valence-corrected chi connectivity index (χ1v) is 7.53. The number of ether oxygens (including phenoxy) is 1. The van der Waals surface area contributed by atoms with E-state index in [1.54, 1.807) is 43.3 Å². The molecule has 0 saturated heterocycles. The van der Waals surface area contributed by atoms with E-state index >= 15 is 0 Å². The minimum Gasteiger partial charge on any atom is -0.462 e. The van der Waals surface area contributed by atoms with Gasteiger partial charge in [-0.1, -0.05) is 24.3 Å². The van der Waals surface area contributed by atoms with E-state index in [9.17, 15) is 9.59 Å². The lowest BCUT2D eigenvalue weighted by molar-refractivity contribution is 0.0527. The standard InChI is InChI=1S/C16H14INO3/c1-2-21-16(20)12-8-4-6-10-14(12)18-15(19)11-7-3-5-9-13(11)17/h3-10H,2H2,1H3,(H,18,19). The van der Waals surface area contributed by atoms with Gasteiger partial charge in [0.05, 0.1) is 23.4 Å². The van der Waals surface area contributed by atoms with Crippen LogP contribution in [0.2, 0.25) is 0 Å². The normalized spacial score (nSPS) is 10.0. The van der Waals surface area contributed by atoms with Gasteiger partial charge in [-0.05, 0) is 53.8 Å². The number of halogens is 1. The Labute approximate surface area is 136 Å². The molecule has 0 spiro atoms. The highest BCUT2D eigenvalue weighted by molar-refractivity contribution is 14.1. The van der Waals surface area contributed by atoms with Crippen LogP contribution in [-0.2, 0) is 4.74 Å². The smallest absolute Gasteiger partial charge is 0.340 e. The average Bonchev–Trinajstić information content (AvgIpc) is 2.48. The summed E-state index contributed by atoms with van der Waals surface area (Å²) in [6, 6.07) is 14.1. The van der Waals surface area contributed by atoms with Gasteiger partial charge >= 0.3 is 5.97 Å². The number of para-hydroxylation sites is 1. The first-order valence-electron chi connectivity index (χ1n) is 6.45. The zero-order chi connectivity index (χ0) is 15.2. The molecule has 0 heterocycles.